The molecule has 1 aromatic heterocycles. The van der Waals surface area contributed by atoms with Gasteiger partial charge in [0.2, 0.25) is 0 Å². The average molecular weight is 284 g/mol. The van der Waals surface area contributed by atoms with Gasteiger partial charge in [-0.3, -0.25) is 4.98 Å². The number of pyridine rings is 1. The smallest absolute Gasteiger partial charge is 0.141 e. The highest BCUT2D eigenvalue weighted by molar-refractivity contribution is 5.27. The molecule has 0 saturated heterocycles. The molecule has 0 unspecified atom stereocenters. The number of aromatic nitrogens is 1. The second-order valence-corrected chi connectivity index (χ2v) is 5.72. The van der Waals surface area contributed by atoms with Crippen molar-refractivity contribution in [3.8, 4) is 5.75 Å². The first-order valence-corrected chi connectivity index (χ1v) is 7.48. The minimum absolute atomic E-state index is 0.576. The van der Waals surface area contributed by atoms with Gasteiger partial charge in [0.1, 0.15) is 12.4 Å². The molecule has 1 heterocycles. The summed E-state index contributed by atoms with van der Waals surface area (Å²) in [7, 11) is 0. The molecule has 0 aliphatic heterocycles. The lowest BCUT2D eigenvalue weighted by Crippen LogP contribution is -2.18. The van der Waals surface area contributed by atoms with Crippen LogP contribution < -0.4 is 10.1 Å². The van der Waals surface area contributed by atoms with Crippen molar-refractivity contribution in [1.82, 2.24) is 10.3 Å². The minimum Gasteiger partial charge on any atom is -0.487 e. The summed E-state index contributed by atoms with van der Waals surface area (Å²) in [4.78, 5) is 4.22. The lowest BCUT2D eigenvalue weighted by molar-refractivity contribution is 0.302. The third-order valence-corrected chi connectivity index (χ3v) is 3.26. The molecule has 21 heavy (non-hydrogen) atoms. The van der Waals surface area contributed by atoms with Crippen molar-refractivity contribution in [2.45, 2.75) is 33.9 Å². The number of benzene rings is 1. The minimum atomic E-state index is 0.576. The molecule has 0 fully saturated rings. The average Bonchev–Trinajstić information content (AvgIpc) is 2.47. The number of nitrogens with one attached hydrogen (secondary N) is 1. The van der Waals surface area contributed by atoms with Crippen molar-refractivity contribution in [1.29, 1.82) is 0 Å². The van der Waals surface area contributed by atoms with E-state index in [-0.39, 0.29) is 0 Å². The molecule has 0 aliphatic carbocycles. The molecule has 0 amide bonds. The molecule has 0 saturated carbocycles. The molecular weight excluding hydrogens is 260 g/mol. The van der Waals surface area contributed by atoms with Crippen LogP contribution in [0, 0.1) is 12.8 Å². The molecule has 112 valence electrons. The van der Waals surface area contributed by atoms with Gasteiger partial charge in [-0.05, 0) is 42.6 Å². The van der Waals surface area contributed by atoms with E-state index in [1.54, 1.807) is 6.20 Å². The van der Waals surface area contributed by atoms with E-state index >= 15 is 0 Å². The van der Waals surface area contributed by atoms with Gasteiger partial charge in [-0.25, -0.2) is 0 Å². The molecule has 2 rings (SSSR count). The standard InChI is InChI=1S/C18H24N2O/c1-14(2)11-19-12-16-6-8-17(9-7-16)13-21-18-5-4-10-20-15(18)3/h4-10,14,19H,11-13H2,1-3H3. The monoisotopic (exact) mass is 284 g/mol. The highest BCUT2D eigenvalue weighted by Gasteiger charge is 2.01. The Bertz CT molecular complexity index is 549. The molecule has 0 bridgehead atoms. The normalized spacial score (nSPS) is 10.9. The van der Waals surface area contributed by atoms with Crippen LogP contribution in [0.2, 0.25) is 0 Å². The van der Waals surface area contributed by atoms with E-state index in [0.29, 0.717) is 12.5 Å². The van der Waals surface area contributed by atoms with E-state index in [4.69, 9.17) is 4.74 Å². The van der Waals surface area contributed by atoms with E-state index < -0.39 is 0 Å². The first-order valence-electron chi connectivity index (χ1n) is 7.48. The van der Waals surface area contributed by atoms with Gasteiger partial charge in [0.25, 0.3) is 0 Å². The predicted octanol–water partition coefficient (Wildman–Crippen LogP) is 3.71. The molecule has 0 aliphatic rings. The largest absolute Gasteiger partial charge is 0.487 e. The Morgan fingerprint density at radius 3 is 2.48 bits per heavy atom. The number of aryl methyl sites for hydroxylation is 1. The maximum Gasteiger partial charge on any atom is 0.141 e. The van der Waals surface area contributed by atoms with Crippen LogP contribution in [0.5, 0.6) is 5.75 Å². The van der Waals surface area contributed by atoms with Gasteiger partial charge >= 0.3 is 0 Å². The summed E-state index contributed by atoms with van der Waals surface area (Å²) in [5.74, 6) is 1.53. The molecule has 3 heteroatoms. The fourth-order valence-electron chi connectivity index (χ4n) is 2.04. The summed E-state index contributed by atoms with van der Waals surface area (Å²) in [5.41, 5.74) is 3.40. The van der Waals surface area contributed by atoms with E-state index in [1.165, 1.54) is 11.1 Å². The van der Waals surface area contributed by atoms with Crippen LogP contribution in [0.1, 0.15) is 30.7 Å². The van der Waals surface area contributed by atoms with Crippen LogP contribution in [0.4, 0.5) is 0 Å². The highest BCUT2D eigenvalue weighted by Crippen LogP contribution is 2.16. The van der Waals surface area contributed by atoms with Crippen molar-refractivity contribution in [3.05, 3.63) is 59.4 Å². The molecule has 3 nitrogen and oxygen atoms in total. The summed E-state index contributed by atoms with van der Waals surface area (Å²) in [5, 5.41) is 3.45. The van der Waals surface area contributed by atoms with Gasteiger partial charge in [-0.15, -0.1) is 0 Å². The van der Waals surface area contributed by atoms with E-state index in [0.717, 1.165) is 24.5 Å². The number of hydrogen-bond acceptors (Lipinski definition) is 3. The Balaban J connectivity index is 1.84. The first-order chi connectivity index (χ1) is 10.1. The van der Waals surface area contributed by atoms with Crippen molar-refractivity contribution < 1.29 is 4.74 Å². The van der Waals surface area contributed by atoms with Crippen LogP contribution in [0.15, 0.2) is 42.6 Å². The number of nitrogens with zero attached hydrogens (tertiary/aromatic N) is 1. The van der Waals surface area contributed by atoms with Crippen molar-refractivity contribution in [3.63, 3.8) is 0 Å². The highest BCUT2D eigenvalue weighted by atomic mass is 16.5. The van der Waals surface area contributed by atoms with Gasteiger partial charge < -0.3 is 10.1 Å². The maximum absolute atomic E-state index is 5.80. The zero-order valence-electron chi connectivity index (χ0n) is 13.1. The van der Waals surface area contributed by atoms with Crippen LogP contribution in [-0.2, 0) is 13.2 Å². The van der Waals surface area contributed by atoms with E-state index in [2.05, 4.69) is 48.4 Å². The zero-order chi connectivity index (χ0) is 15.1. The summed E-state index contributed by atoms with van der Waals surface area (Å²) in [6, 6.07) is 12.4. The van der Waals surface area contributed by atoms with Crippen LogP contribution in [0.3, 0.4) is 0 Å². The predicted molar refractivity (Wildman–Crippen MR) is 86.3 cm³/mol. The fraction of sp³-hybridized carbons (Fsp3) is 0.389. The van der Waals surface area contributed by atoms with E-state index in [9.17, 15) is 0 Å². The summed E-state index contributed by atoms with van der Waals surface area (Å²) < 4.78 is 5.80. The van der Waals surface area contributed by atoms with Gasteiger partial charge in [0.05, 0.1) is 5.69 Å². The van der Waals surface area contributed by atoms with Crippen molar-refractivity contribution in [2.75, 3.05) is 6.54 Å². The molecule has 2 aromatic rings. The molecule has 0 spiro atoms. The van der Waals surface area contributed by atoms with Gasteiger partial charge in [0, 0.05) is 12.7 Å². The van der Waals surface area contributed by atoms with E-state index in [1.807, 2.05) is 19.1 Å². The summed E-state index contributed by atoms with van der Waals surface area (Å²) in [6.45, 7) is 8.93. The van der Waals surface area contributed by atoms with Crippen LogP contribution in [0.25, 0.3) is 0 Å². The summed E-state index contributed by atoms with van der Waals surface area (Å²) >= 11 is 0. The topological polar surface area (TPSA) is 34.1 Å². The summed E-state index contributed by atoms with van der Waals surface area (Å²) in [6.07, 6.45) is 1.78. The lowest BCUT2D eigenvalue weighted by atomic mass is 10.1. The molecule has 0 atom stereocenters. The van der Waals surface area contributed by atoms with Gasteiger partial charge in [0.15, 0.2) is 0 Å². The van der Waals surface area contributed by atoms with Crippen molar-refractivity contribution >= 4 is 0 Å². The SMILES string of the molecule is Cc1ncccc1OCc1ccc(CNCC(C)C)cc1. The second kappa shape index (κ2) is 7.79. The van der Waals surface area contributed by atoms with Gasteiger partial charge in [-0.2, -0.15) is 0 Å². The van der Waals surface area contributed by atoms with Crippen LogP contribution >= 0.6 is 0 Å². The molecular formula is C18H24N2O. The Kier molecular flexibility index (Phi) is 5.76. The maximum atomic E-state index is 5.80. The number of ether oxygens (including phenoxy) is 1. The Morgan fingerprint density at radius 2 is 1.81 bits per heavy atom. The second-order valence-electron chi connectivity index (χ2n) is 5.72. The third-order valence-electron chi connectivity index (χ3n) is 3.26. The Morgan fingerprint density at radius 1 is 1.10 bits per heavy atom. The first kappa shape index (κ1) is 15.5. The van der Waals surface area contributed by atoms with Crippen LogP contribution in [-0.4, -0.2) is 11.5 Å². The van der Waals surface area contributed by atoms with Crippen molar-refractivity contribution in [2.24, 2.45) is 5.92 Å². The third kappa shape index (κ3) is 5.20. The number of rotatable bonds is 7. The Hall–Kier alpha value is -1.87. The zero-order valence-corrected chi connectivity index (χ0v) is 13.1. The quantitative estimate of drug-likeness (QED) is 0.841. The molecule has 1 N–H and O–H groups in total. The molecule has 1 aromatic carbocycles. The lowest BCUT2D eigenvalue weighted by Gasteiger charge is -2.10. The fourth-order valence-corrected chi connectivity index (χ4v) is 2.04. The Labute approximate surface area is 127 Å². The van der Waals surface area contributed by atoms with Gasteiger partial charge in [-0.1, -0.05) is 38.1 Å². The number of hydrogen-bond donors (Lipinski definition) is 1. The molecule has 0 radical (unpaired) electrons.